The second kappa shape index (κ2) is 6.49. The fourth-order valence-electron chi connectivity index (χ4n) is 4.57. The third-order valence-electron chi connectivity index (χ3n) is 5.43. The topological polar surface area (TPSA) is 3.24 Å². The van der Waals surface area contributed by atoms with Crippen LogP contribution in [0.5, 0.6) is 0 Å². The lowest BCUT2D eigenvalue weighted by Crippen LogP contribution is -2.43. The molecule has 3 fully saturated rings. The highest BCUT2D eigenvalue weighted by atomic mass is 35.5. The number of hydrogen-bond acceptors (Lipinski definition) is 1. The summed E-state index contributed by atoms with van der Waals surface area (Å²) in [6.07, 6.45) is 5.89. The number of rotatable bonds is 3. The van der Waals surface area contributed by atoms with Crippen molar-refractivity contribution >= 4 is 12.4 Å². The monoisotopic (exact) mass is 293 g/mol. The van der Waals surface area contributed by atoms with Crippen LogP contribution in [0.15, 0.2) is 24.3 Å². The van der Waals surface area contributed by atoms with E-state index in [-0.39, 0.29) is 12.4 Å². The van der Waals surface area contributed by atoms with Crippen molar-refractivity contribution in [1.82, 2.24) is 4.90 Å². The van der Waals surface area contributed by atoms with E-state index < -0.39 is 0 Å². The lowest BCUT2D eigenvalue weighted by atomic mass is 9.57. The van der Waals surface area contributed by atoms with Crippen LogP contribution >= 0.6 is 12.4 Å². The van der Waals surface area contributed by atoms with Crippen molar-refractivity contribution in [3.63, 3.8) is 0 Å². The maximum Gasteiger partial charge on any atom is 0.00122 e. The summed E-state index contributed by atoms with van der Waals surface area (Å²) in [5.74, 6) is 3.61. The fraction of sp³-hybridized carbons (Fsp3) is 0.667. The van der Waals surface area contributed by atoms with Crippen molar-refractivity contribution in [2.75, 3.05) is 20.6 Å². The van der Waals surface area contributed by atoms with E-state index >= 15 is 0 Å². The highest BCUT2D eigenvalue weighted by Gasteiger charge is 2.43. The average molecular weight is 294 g/mol. The molecule has 0 heterocycles. The lowest BCUT2D eigenvalue weighted by Gasteiger charge is -2.50. The minimum Gasteiger partial charge on any atom is -0.309 e. The van der Waals surface area contributed by atoms with Gasteiger partial charge >= 0.3 is 0 Å². The zero-order valence-corrected chi connectivity index (χ0v) is 13.8. The Morgan fingerprint density at radius 2 is 1.50 bits per heavy atom. The number of benzene rings is 1. The van der Waals surface area contributed by atoms with Gasteiger partial charge in [-0.1, -0.05) is 29.8 Å². The SMILES string of the molecule is Cc1ccc(C2C3CCC(CC3)C2CN(C)C)cc1.Cl. The molecule has 0 N–H and O–H groups in total. The molecule has 1 aromatic carbocycles. The van der Waals surface area contributed by atoms with Crippen molar-refractivity contribution in [2.45, 2.75) is 38.5 Å². The fourth-order valence-corrected chi connectivity index (χ4v) is 4.57. The predicted octanol–water partition coefficient (Wildman–Crippen LogP) is 4.50. The zero-order valence-electron chi connectivity index (χ0n) is 13.0. The first-order valence-electron chi connectivity index (χ1n) is 7.86. The quantitative estimate of drug-likeness (QED) is 0.793. The minimum atomic E-state index is 0. The molecule has 0 spiro atoms. The molecule has 0 saturated heterocycles. The molecule has 2 atom stereocenters. The van der Waals surface area contributed by atoms with Crippen LogP contribution in [0.2, 0.25) is 0 Å². The van der Waals surface area contributed by atoms with Gasteiger partial charge in [0.05, 0.1) is 0 Å². The number of aryl methyl sites for hydroxylation is 1. The number of halogens is 1. The average Bonchev–Trinajstić information content (AvgIpc) is 2.41. The van der Waals surface area contributed by atoms with Crippen LogP contribution in [0.1, 0.15) is 42.7 Å². The van der Waals surface area contributed by atoms with E-state index in [9.17, 15) is 0 Å². The summed E-state index contributed by atoms with van der Waals surface area (Å²) in [6, 6.07) is 9.38. The van der Waals surface area contributed by atoms with Gasteiger partial charge in [0.25, 0.3) is 0 Å². The van der Waals surface area contributed by atoms with Crippen LogP contribution in [0, 0.1) is 24.7 Å². The molecule has 4 rings (SSSR count). The van der Waals surface area contributed by atoms with E-state index in [1.807, 2.05) is 0 Å². The Morgan fingerprint density at radius 1 is 0.950 bits per heavy atom. The maximum absolute atomic E-state index is 2.40. The Labute approximate surface area is 130 Å². The van der Waals surface area contributed by atoms with Crippen LogP contribution in [0.4, 0.5) is 0 Å². The summed E-state index contributed by atoms with van der Waals surface area (Å²) in [4.78, 5) is 2.40. The molecule has 1 nitrogen and oxygen atoms in total. The van der Waals surface area contributed by atoms with Gasteiger partial charge in [0.1, 0.15) is 0 Å². The Kier molecular flexibility index (Phi) is 5.14. The third kappa shape index (κ3) is 3.04. The molecule has 0 aliphatic heterocycles. The van der Waals surface area contributed by atoms with Gasteiger partial charge in [0, 0.05) is 6.54 Å². The van der Waals surface area contributed by atoms with Crippen molar-refractivity contribution in [2.24, 2.45) is 17.8 Å². The van der Waals surface area contributed by atoms with Gasteiger partial charge in [-0.05, 0) is 75.9 Å². The normalized spacial score (nSPS) is 32.2. The van der Waals surface area contributed by atoms with Gasteiger partial charge in [-0.2, -0.15) is 0 Å². The number of hydrogen-bond donors (Lipinski definition) is 0. The van der Waals surface area contributed by atoms with Crippen molar-refractivity contribution in [3.8, 4) is 0 Å². The van der Waals surface area contributed by atoms with Gasteiger partial charge in [-0.3, -0.25) is 0 Å². The molecule has 2 bridgehead atoms. The smallest absolute Gasteiger partial charge is 0.00122 e. The Bertz CT molecular complexity index is 418. The molecule has 20 heavy (non-hydrogen) atoms. The summed E-state index contributed by atoms with van der Waals surface area (Å²) in [6.45, 7) is 3.45. The number of nitrogens with zero attached hydrogens (tertiary/aromatic N) is 1. The molecule has 1 aromatic rings. The second-order valence-corrected chi connectivity index (χ2v) is 7.04. The summed E-state index contributed by atoms with van der Waals surface area (Å²) in [5, 5.41) is 0. The minimum absolute atomic E-state index is 0. The van der Waals surface area contributed by atoms with Crippen LogP contribution in [0.3, 0.4) is 0 Å². The molecule has 3 aliphatic rings. The highest BCUT2D eigenvalue weighted by molar-refractivity contribution is 5.85. The molecular weight excluding hydrogens is 266 g/mol. The van der Waals surface area contributed by atoms with Crippen molar-refractivity contribution < 1.29 is 0 Å². The van der Waals surface area contributed by atoms with Crippen LogP contribution in [-0.2, 0) is 0 Å². The lowest BCUT2D eigenvalue weighted by molar-refractivity contribution is 0.0507. The van der Waals surface area contributed by atoms with E-state index in [1.54, 1.807) is 5.56 Å². The first kappa shape index (κ1) is 15.9. The van der Waals surface area contributed by atoms with E-state index in [2.05, 4.69) is 50.2 Å². The zero-order chi connectivity index (χ0) is 13.4. The van der Waals surface area contributed by atoms with Gasteiger partial charge in [0.15, 0.2) is 0 Å². The van der Waals surface area contributed by atoms with Crippen LogP contribution in [0.25, 0.3) is 0 Å². The van der Waals surface area contributed by atoms with Gasteiger partial charge in [-0.15, -0.1) is 12.4 Å². The molecule has 112 valence electrons. The molecule has 0 radical (unpaired) electrons. The first-order chi connectivity index (χ1) is 9.15. The molecule has 3 aliphatic carbocycles. The van der Waals surface area contributed by atoms with Crippen molar-refractivity contribution in [1.29, 1.82) is 0 Å². The Hall–Kier alpha value is -0.530. The summed E-state index contributed by atoms with van der Waals surface area (Å²) < 4.78 is 0. The Balaban J connectivity index is 0.00000147. The first-order valence-corrected chi connectivity index (χ1v) is 7.86. The van der Waals surface area contributed by atoms with E-state index in [0.717, 1.165) is 23.7 Å². The van der Waals surface area contributed by atoms with Crippen LogP contribution in [-0.4, -0.2) is 25.5 Å². The molecule has 0 amide bonds. The molecule has 0 aromatic heterocycles. The largest absolute Gasteiger partial charge is 0.309 e. The van der Waals surface area contributed by atoms with Gasteiger partial charge in [-0.25, -0.2) is 0 Å². The van der Waals surface area contributed by atoms with Crippen LogP contribution < -0.4 is 0 Å². The summed E-state index contributed by atoms with van der Waals surface area (Å²) in [7, 11) is 4.46. The standard InChI is InChI=1S/C18H27N.ClH/c1-13-4-6-15(7-5-13)18-16-10-8-14(9-11-16)17(18)12-19(2)3;/h4-7,14,16-18H,8-12H2,1-3H3;1H. The van der Waals surface area contributed by atoms with Gasteiger partial charge < -0.3 is 4.90 Å². The second-order valence-electron chi connectivity index (χ2n) is 7.04. The highest BCUT2D eigenvalue weighted by Crippen LogP contribution is 2.53. The van der Waals surface area contributed by atoms with E-state index in [4.69, 9.17) is 0 Å². The third-order valence-corrected chi connectivity index (χ3v) is 5.43. The van der Waals surface area contributed by atoms with Gasteiger partial charge in [0.2, 0.25) is 0 Å². The molecule has 2 unspecified atom stereocenters. The predicted molar refractivity (Wildman–Crippen MR) is 88.7 cm³/mol. The number of fused-ring (bicyclic) bond motifs is 3. The molecule has 2 heteroatoms. The molecule has 3 saturated carbocycles. The van der Waals surface area contributed by atoms with E-state index in [1.165, 1.54) is 37.8 Å². The Morgan fingerprint density at radius 3 is 2.05 bits per heavy atom. The maximum atomic E-state index is 2.40. The summed E-state index contributed by atoms with van der Waals surface area (Å²) >= 11 is 0. The molecular formula is C18H28ClN. The summed E-state index contributed by atoms with van der Waals surface area (Å²) in [5.41, 5.74) is 2.99. The van der Waals surface area contributed by atoms with Crippen molar-refractivity contribution in [3.05, 3.63) is 35.4 Å². The van der Waals surface area contributed by atoms with E-state index in [0.29, 0.717) is 0 Å².